The molecule has 0 aromatic heterocycles. The lowest BCUT2D eigenvalue weighted by Gasteiger charge is -2.13. The van der Waals surface area contributed by atoms with Crippen LogP contribution in [0.5, 0.6) is 0 Å². The van der Waals surface area contributed by atoms with Crippen LogP contribution >= 0.6 is 0 Å². The minimum atomic E-state index is 0.837. The highest BCUT2D eigenvalue weighted by atomic mass is 16.5. The van der Waals surface area contributed by atoms with Crippen LogP contribution in [0.15, 0.2) is 0 Å². The standard InChI is InChI=1S/C13H27NO/c1-15-12-11-14-10-6-9-13-7-4-2-3-5-8-13/h13-14H,2-12H2,1H3. The SMILES string of the molecule is COCCNCCCC1CCCCCC1. The van der Waals surface area contributed by atoms with Crippen molar-refractivity contribution in [1.82, 2.24) is 5.32 Å². The summed E-state index contributed by atoms with van der Waals surface area (Å²) in [7, 11) is 1.76. The molecule has 0 spiro atoms. The van der Waals surface area contributed by atoms with E-state index < -0.39 is 0 Å². The van der Waals surface area contributed by atoms with Gasteiger partial charge in [0.1, 0.15) is 0 Å². The fourth-order valence-corrected chi connectivity index (χ4v) is 2.47. The van der Waals surface area contributed by atoms with Gasteiger partial charge in [-0.3, -0.25) is 0 Å². The van der Waals surface area contributed by atoms with Crippen molar-refractivity contribution in [2.75, 3.05) is 26.8 Å². The molecule has 2 nitrogen and oxygen atoms in total. The van der Waals surface area contributed by atoms with Crippen molar-refractivity contribution in [3.63, 3.8) is 0 Å². The summed E-state index contributed by atoms with van der Waals surface area (Å²) in [4.78, 5) is 0. The molecule has 0 aromatic carbocycles. The second-order valence-corrected chi connectivity index (χ2v) is 4.74. The zero-order chi connectivity index (χ0) is 10.8. The molecular weight excluding hydrogens is 186 g/mol. The lowest BCUT2D eigenvalue weighted by molar-refractivity contribution is 0.199. The molecule has 2 heteroatoms. The third-order valence-corrected chi connectivity index (χ3v) is 3.42. The lowest BCUT2D eigenvalue weighted by atomic mass is 9.95. The van der Waals surface area contributed by atoms with Gasteiger partial charge in [0.25, 0.3) is 0 Å². The molecule has 1 aliphatic rings. The molecule has 0 aromatic rings. The van der Waals surface area contributed by atoms with Crippen LogP contribution in [0.3, 0.4) is 0 Å². The van der Waals surface area contributed by atoms with E-state index in [9.17, 15) is 0 Å². The van der Waals surface area contributed by atoms with Gasteiger partial charge in [-0.15, -0.1) is 0 Å². The molecule has 90 valence electrons. The molecule has 1 N–H and O–H groups in total. The monoisotopic (exact) mass is 213 g/mol. The van der Waals surface area contributed by atoms with Crippen molar-refractivity contribution < 1.29 is 4.74 Å². The lowest BCUT2D eigenvalue weighted by Crippen LogP contribution is -2.20. The van der Waals surface area contributed by atoms with Gasteiger partial charge < -0.3 is 10.1 Å². The van der Waals surface area contributed by atoms with Crippen molar-refractivity contribution in [3.05, 3.63) is 0 Å². The van der Waals surface area contributed by atoms with E-state index in [1.165, 1.54) is 57.9 Å². The minimum absolute atomic E-state index is 0.837. The Morgan fingerprint density at radius 2 is 1.80 bits per heavy atom. The maximum atomic E-state index is 4.99. The van der Waals surface area contributed by atoms with Crippen LogP contribution in [0.25, 0.3) is 0 Å². The average Bonchev–Trinajstić information content (AvgIpc) is 2.52. The van der Waals surface area contributed by atoms with Gasteiger partial charge in [-0.1, -0.05) is 38.5 Å². The fourth-order valence-electron chi connectivity index (χ4n) is 2.47. The molecule has 1 fully saturated rings. The Morgan fingerprint density at radius 1 is 1.07 bits per heavy atom. The molecule has 0 unspecified atom stereocenters. The Kier molecular flexibility index (Phi) is 7.94. The maximum absolute atomic E-state index is 4.99. The Balaban J connectivity index is 1.89. The van der Waals surface area contributed by atoms with Crippen molar-refractivity contribution >= 4 is 0 Å². The third-order valence-electron chi connectivity index (χ3n) is 3.42. The van der Waals surface area contributed by atoms with Crippen LogP contribution < -0.4 is 5.32 Å². The van der Waals surface area contributed by atoms with Crippen molar-refractivity contribution in [1.29, 1.82) is 0 Å². The number of hydrogen-bond acceptors (Lipinski definition) is 2. The normalized spacial score (nSPS) is 19.0. The molecule has 0 atom stereocenters. The average molecular weight is 213 g/mol. The summed E-state index contributed by atoms with van der Waals surface area (Å²) in [6.07, 6.45) is 11.6. The molecular formula is C13H27NO. The number of rotatable bonds is 7. The molecule has 0 saturated heterocycles. The van der Waals surface area contributed by atoms with E-state index in [0.29, 0.717) is 0 Å². The number of hydrogen-bond donors (Lipinski definition) is 1. The van der Waals surface area contributed by atoms with Crippen LogP contribution in [0.4, 0.5) is 0 Å². The Bertz CT molecular complexity index is 130. The number of methoxy groups -OCH3 is 1. The minimum Gasteiger partial charge on any atom is -0.383 e. The summed E-state index contributed by atoms with van der Waals surface area (Å²) in [5.74, 6) is 1.02. The van der Waals surface area contributed by atoms with Crippen LogP contribution in [0.2, 0.25) is 0 Å². The number of ether oxygens (including phenoxy) is 1. The number of nitrogens with one attached hydrogen (secondary N) is 1. The highest BCUT2D eigenvalue weighted by Crippen LogP contribution is 2.25. The molecule has 0 bridgehead atoms. The first-order chi connectivity index (χ1) is 7.43. The molecule has 1 aliphatic carbocycles. The molecule has 0 radical (unpaired) electrons. The summed E-state index contributed by atoms with van der Waals surface area (Å²) in [6, 6.07) is 0. The molecule has 0 heterocycles. The first-order valence-corrected chi connectivity index (χ1v) is 6.63. The quantitative estimate of drug-likeness (QED) is 0.518. The summed E-state index contributed by atoms with van der Waals surface area (Å²) < 4.78 is 4.99. The summed E-state index contributed by atoms with van der Waals surface area (Å²) in [5.41, 5.74) is 0. The van der Waals surface area contributed by atoms with E-state index in [1.807, 2.05) is 0 Å². The van der Waals surface area contributed by atoms with Crippen LogP contribution in [-0.4, -0.2) is 26.8 Å². The van der Waals surface area contributed by atoms with Gasteiger partial charge >= 0.3 is 0 Å². The summed E-state index contributed by atoms with van der Waals surface area (Å²) in [5, 5.41) is 3.42. The van der Waals surface area contributed by atoms with Crippen molar-refractivity contribution in [3.8, 4) is 0 Å². The van der Waals surface area contributed by atoms with Crippen LogP contribution in [0.1, 0.15) is 51.4 Å². The van der Waals surface area contributed by atoms with Crippen molar-refractivity contribution in [2.45, 2.75) is 51.4 Å². The van der Waals surface area contributed by atoms with Gasteiger partial charge in [-0.05, 0) is 25.3 Å². The maximum Gasteiger partial charge on any atom is 0.0587 e. The highest BCUT2D eigenvalue weighted by molar-refractivity contribution is 4.65. The second kappa shape index (κ2) is 9.17. The molecule has 1 rings (SSSR count). The molecule has 0 aliphatic heterocycles. The van der Waals surface area contributed by atoms with E-state index in [4.69, 9.17) is 4.74 Å². The van der Waals surface area contributed by atoms with Gasteiger partial charge in [-0.25, -0.2) is 0 Å². The first-order valence-electron chi connectivity index (χ1n) is 6.63. The fraction of sp³-hybridized carbons (Fsp3) is 1.00. The third kappa shape index (κ3) is 6.91. The van der Waals surface area contributed by atoms with Gasteiger partial charge in [0.15, 0.2) is 0 Å². The van der Waals surface area contributed by atoms with Crippen LogP contribution in [-0.2, 0) is 4.74 Å². The van der Waals surface area contributed by atoms with E-state index in [2.05, 4.69) is 5.32 Å². The Morgan fingerprint density at radius 3 is 2.47 bits per heavy atom. The van der Waals surface area contributed by atoms with Crippen LogP contribution in [0, 0.1) is 5.92 Å². The highest BCUT2D eigenvalue weighted by Gasteiger charge is 2.11. The molecule has 0 amide bonds. The zero-order valence-electron chi connectivity index (χ0n) is 10.3. The first kappa shape index (κ1) is 13.0. The smallest absolute Gasteiger partial charge is 0.0587 e. The topological polar surface area (TPSA) is 21.3 Å². The van der Waals surface area contributed by atoms with Crippen molar-refractivity contribution in [2.24, 2.45) is 5.92 Å². The summed E-state index contributed by atoms with van der Waals surface area (Å²) >= 11 is 0. The molecule has 15 heavy (non-hydrogen) atoms. The van der Waals surface area contributed by atoms with Gasteiger partial charge in [-0.2, -0.15) is 0 Å². The largest absolute Gasteiger partial charge is 0.383 e. The second-order valence-electron chi connectivity index (χ2n) is 4.74. The zero-order valence-corrected chi connectivity index (χ0v) is 10.3. The van der Waals surface area contributed by atoms with E-state index in [-0.39, 0.29) is 0 Å². The predicted molar refractivity (Wildman–Crippen MR) is 65.2 cm³/mol. The summed E-state index contributed by atoms with van der Waals surface area (Å²) in [6.45, 7) is 3.00. The van der Waals surface area contributed by atoms with Gasteiger partial charge in [0.2, 0.25) is 0 Å². The van der Waals surface area contributed by atoms with Gasteiger partial charge in [0, 0.05) is 13.7 Å². The predicted octanol–water partition coefficient (Wildman–Crippen LogP) is 2.97. The molecule has 1 saturated carbocycles. The Hall–Kier alpha value is -0.0800. The van der Waals surface area contributed by atoms with E-state index in [1.54, 1.807) is 7.11 Å². The van der Waals surface area contributed by atoms with E-state index >= 15 is 0 Å². The Labute approximate surface area is 94.8 Å². The van der Waals surface area contributed by atoms with Gasteiger partial charge in [0.05, 0.1) is 6.61 Å². The van der Waals surface area contributed by atoms with E-state index in [0.717, 1.165) is 19.1 Å².